The molecule has 7 heteroatoms. The van der Waals surface area contributed by atoms with Crippen molar-refractivity contribution in [3.8, 4) is 0 Å². The second kappa shape index (κ2) is 6.87. The number of nitrogens with zero attached hydrogens (tertiary/aromatic N) is 1. The smallest absolute Gasteiger partial charge is 0.412 e. The van der Waals surface area contributed by atoms with Gasteiger partial charge in [-0.25, -0.2) is 9.59 Å². The van der Waals surface area contributed by atoms with E-state index < -0.39 is 17.7 Å². The van der Waals surface area contributed by atoms with E-state index in [1.165, 1.54) is 0 Å². The third-order valence-electron chi connectivity index (χ3n) is 3.25. The lowest BCUT2D eigenvalue weighted by Crippen LogP contribution is -2.36. The van der Waals surface area contributed by atoms with Crippen molar-refractivity contribution in [2.75, 3.05) is 36.5 Å². The number of anilines is 2. The maximum atomic E-state index is 11.8. The summed E-state index contributed by atoms with van der Waals surface area (Å²) in [6.07, 6.45) is -0.681. The maximum Gasteiger partial charge on any atom is 0.412 e. The Bertz CT molecular complexity index is 589. The van der Waals surface area contributed by atoms with Gasteiger partial charge in [0.1, 0.15) is 5.60 Å². The Hall–Kier alpha value is -2.28. The van der Waals surface area contributed by atoms with Gasteiger partial charge in [-0.1, -0.05) is 0 Å². The summed E-state index contributed by atoms with van der Waals surface area (Å²) in [5.41, 5.74) is 0.380. The van der Waals surface area contributed by atoms with E-state index in [1.807, 2.05) is 4.90 Å². The van der Waals surface area contributed by atoms with Crippen LogP contribution in [0.2, 0.25) is 0 Å². The number of aromatic carboxylic acids is 1. The molecule has 7 nitrogen and oxygen atoms in total. The van der Waals surface area contributed by atoms with Crippen LogP contribution in [0, 0.1) is 0 Å². The minimum Gasteiger partial charge on any atom is -0.478 e. The molecule has 0 aromatic heterocycles. The first-order valence-electron chi connectivity index (χ1n) is 7.46. The van der Waals surface area contributed by atoms with Gasteiger partial charge in [0.15, 0.2) is 0 Å². The fraction of sp³-hybridized carbons (Fsp3) is 0.500. The number of benzene rings is 1. The fourth-order valence-electron chi connectivity index (χ4n) is 2.25. The highest BCUT2D eigenvalue weighted by atomic mass is 16.6. The Labute approximate surface area is 135 Å². The molecule has 2 N–H and O–H groups in total. The molecule has 1 aromatic carbocycles. The second-order valence-electron chi connectivity index (χ2n) is 6.26. The van der Waals surface area contributed by atoms with Crippen LogP contribution >= 0.6 is 0 Å². The minimum absolute atomic E-state index is 0.0276. The lowest BCUT2D eigenvalue weighted by molar-refractivity contribution is 0.0636. The van der Waals surface area contributed by atoms with E-state index in [0.29, 0.717) is 26.3 Å². The first-order valence-corrected chi connectivity index (χ1v) is 7.46. The normalized spacial score (nSPS) is 15.2. The van der Waals surface area contributed by atoms with Gasteiger partial charge < -0.3 is 19.5 Å². The van der Waals surface area contributed by atoms with Crippen LogP contribution in [0.3, 0.4) is 0 Å². The molecule has 1 aromatic rings. The molecule has 0 saturated carbocycles. The Morgan fingerprint density at radius 3 is 2.48 bits per heavy atom. The molecule has 1 fully saturated rings. The monoisotopic (exact) mass is 322 g/mol. The van der Waals surface area contributed by atoms with Crippen molar-refractivity contribution >= 4 is 23.4 Å². The average molecular weight is 322 g/mol. The van der Waals surface area contributed by atoms with Gasteiger partial charge in [-0.2, -0.15) is 0 Å². The summed E-state index contributed by atoms with van der Waals surface area (Å²) in [7, 11) is 0. The van der Waals surface area contributed by atoms with E-state index in [4.69, 9.17) is 9.47 Å². The molecule has 0 spiro atoms. The Kier molecular flexibility index (Phi) is 5.10. The molecule has 0 bridgehead atoms. The second-order valence-corrected chi connectivity index (χ2v) is 6.26. The first kappa shape index (κ1) is 17.1. The summed E-state index contributed by atoms with van der Waals surface area (Å²) in [5, 5.41) is 11.9. The molecule has 23 heavy (non-hydrogen) atoms. The molecular weight excluding hydrogens is 300 g/mol. The topological polar surface area (TPSA) is 88.1 Å². The summed E-state index contributed by atoms with van der Waals surface area (Å²) in [6, 6.07) is 4.92. The number of carboxylic acids is 1. The molecule has 1 heterocycles. The zero-order valence-corrected chi connectivity index (χ0v) is 13.6. The molecule has 2 rings (SSSR count). The zero-order valence-electron chi connectivity index (χ0n) is 13.6. The highest BCUT2D eigenvalue weighted by Crippen LogP contribution is 2.25. The molecule has 0 unspecified atom stereocenters. The van der Waals surface area contributed by atoms with Crippen LogP contribution in [-0.4, -0.2) is 49.1 Å². The van der Waals surface area contributed by atoms with E-state index in [9.17, 15) is 14.7 Å². The number of carbonyl (C=O) groups excluding carboxylic acids is 1. The molecular formula is C16H22N2O5. The van der Waals surface area contributed by atoms with Gasteiger partial charge in [0.05, 0.1) is 24.5 Å². The van der Waals surface area contributed by atoms with Crippen molar-refractivity contribution in [3.05, 3.63) is 23.8 Å². The quantitative estimate of drug-likeness (QED) is 0.889. The van der Waals surface area contributed by atoms with Gasteiger partial charge in [0, 0.05) is 18.8 Å². The molecule has 1 aliphatic rings. The van der Waals surface area contributed by atoms with Gasteiger partial charge >= 0.3 is 12.1 Å². The van der Waals surface area contributed by atoms with Crippen molar-refractivity contribution in [2.45, 2.75) is 26.4 Å². The largest absolute Gasteiger partial charge is 0.478 e. The Morgan fingerprint density at radius 2 is 1.91 bits per heavy atom. The molecule has 1 saturated heterocycles. The number of rotatable bonds is 3. The lowest BCUT2D eigenvalue weighted by Gasteiger charge is -2.29. The molecule has 1 aliphatic heterocycles. The highest BCUT2D eigenvalue weighted by molar-refractivity contribution is 5.99. The van der Waals surface area contributed by atoms with Crippen molar-refractivity contribution in [1.82, 2.24) is 0 Å². The number of nitrogens with one attached hydrogen (secondary N) is 1. The predicted octanol–water partition coefficient (Wildman–Crippen LogP) is 2.57. The third kappa shape index (κ3) is 4.85. The van der Waals surface area contributed by atoms with Crippen LogP contribution < -0.4 is 10.2 Å². The van der Waals surface area contributed by atoms with Crippen molar-refractivity contribution < 1.29 is 24.2 Å². The van der Waals surface area contributed by atoms with E-state index in [-0.39, 0.29) is 11.3 Å². The third-order valence-corrected chi connectivity index (χ3v) is 3.25. The standard InChI is InChI=1S/C16H22N2O5/c1-16(2,3)23-15(21)17-13-5-4-11(10-12(13)14(19)20)18-6-8-22-9-7-18/h4-5,10H,6-9H2,1-3H3,(H,17,21)(H,19,20). The summed E-state index contributed by atoms with van der Waals surface area (Å²) in [5.74, 6) is -1.11. The number of carboxylic acid groups (broad SMARTS) is 1. The van der Waals surface area contributed by atoms with Crippen LogP contribution in [0.4, 0.5) is 16.2 Å². The molecule has 0 radical (unpaired) electrons. The Balaban J connectivity index is 2.19. The van der Waals surface area contributed by atoms with Gasteiger partial charge in [-0.05, 0) is 39.0 Å². The van der Waals surface area contributed by atoms with Crippen LogP contribution in [0.1, 0.15) is 31.1 Å². The van der Waals surface area contributed by atoms with Gasteiger partial charge in [0.2, 0.25) is 0 Å². The number of ether oxygens (including phenoxy) is 2. The number of amides is 1. The van der Waals surface area contributed by atoms with E-state index in [0.717, 1.165) is 5.69 Å². The fourth-order valence-corrected chi connectivity index (χ4v) is 2.25. The molecule has 0 aliphatic carbocycles. The molecule has 126 valence electrons. The summed E-state index contributed by atoms with van der Waals surface area (Å²) in [6.45, 7) is 7.86. The van der Waals surface area contributed by atoms with Crippen molar-refractivity contribution in [1.29, 1.82) is 0 Å². The number of morpholine rings is 1. The molecule has 0 atom stereocenters. The van der Waals surface area contributed by atoms with E-state index in [1.54, 1.807) is 39.0 Å². The lowest BCUT2D eigenvalue weighted by atomic mass is 10.1. The van der Waals surface area contributed by atoms with E-state index in [2.05, 4.69) is 5.32 Å². The number of hydrogen-bond donors (Lipinski definition) is 2. The number of carbonyl (C=O) groups is 2. The SMILES string of the molecule is CC(C)(C)OC(=O)Nc1ccc(N2CCOCC2)cc1C(=O)O. The highest BCUT2D eigenvalue weighted by Gasteiger charge is 2.20. The summed E-state index contributed by atoms with van der Waals surface area (Å²) >= 11 is 0. The minimum atomic E-state index is -1.11. The zero-order chi connectivity index (χ0) is 17.0. The predicted molar refractivity (Wildman–Crippen MR) is 86.3 cm³/mol. The van der Waals surface area contributed by atoms with Gasteiger partial charge in [-0.3, -0.25) is 5.32 Å². The summed E-state index contributed by atoms with van der Waals surface area (Å²) < 4.78 is 10.4. The van der Waals surface area contributed by atoms with Crippen LogP contribution in [0.5, 0.6) is 0 Å². The van der Waals surface area contributed by atoms with E-state index >= 15 is 0 Å². The van der Waals surface area contributed by atoms with Crippen LogP contribution in [0.25, 0.3) is 0 Å². The Morgan fingerprint density at radius 1 is 1.26 bits per heavy atom. The van der Waals surface area contributed by atoms with Crippen LogP contribution in [-0.2, 0) is 9.47 Å². The average Bonchev–Trinajstić information content (AvgIpc) is 2.46. The van der Waals surface area contributed by atoms with Crippen LogP contribution in [0.15, 0.2) is 18.2 Å². The maximum absolute atomic E-state index is 11.8. The number of hydrogen-bond acceptors (Lipinski definition) is 5. The van der Waals surface area contributed by atoms with Gasteiger partial charge in [0.25, 0.3) is 0 Å². The summed E-state index contributed by atoms with van der Waals surface area (Å²) in [4.78, 5) is 25.4. The van der Waals surface area contributed by atoms with Crippen molar-refractivity contribution in [2.24, 2.45) is 0 Å². The molecule has 1 amide bonds. The van der Waals surface area contributed by atoms with Crippen molar-refractivity contribution in [3.63, 3.8) is 0 Å². The van der Waals surface area contributed by atoms with Gasteiger partial charge in [-0.15, -0.1) is 0 Å². The first-order chi connectivity index (χ1) is 10.8.